The van der Waals surface area contributed by atoms with Crippen molar-refractivity contribution in [3.05, 3.63) is 34.3 Å². The normalized spacial score (nSPS) is 28.4. The van der Waals surface area contributed by atoms with E-state index in [0.29, 0.717) is 73.5 Å². The Morgan fingerprint density at radius 2 is 1.01 bits per heavy atom. The summed E-state index contributed by atoms with van der Waals surface area (Å²) in [6, 6.07) is -0.901. The summed E-state index contributed by atoms with van der Waals surface area (Å²) in [5.74, 6) is -4.86. The van der Waals surface area contributed by atoms with Crippen LogP contribution in [0.2, 0.25) is 0 Å². The first-order chi connectivity index (χ1) is 39.4. The Morgan fingerprint density at radius 3 is 1.51 bits per heavy atom. The van der Waals surface area contributed by atoms with E-state index in [0.717, 1.165) is 56.2 Å². The second-order valence-corrected chi connectivity index (χ2v) is 25.3. The van der Waals surface area contributed by atoms with Gasteiger partial charge in [-0.05, 0) is 103 Å². The molecule has 5 rings (SSSR count). The zero-order chi connectivity index (χ0) is 61.3. The maximum absolute atomic E-state index is 15.5. The molecule has 0 amide bonds. The van der Waals surface area contributed by atoms with Crippen molar-refractivity contribution in [2.45, 2.75) is 243 Å². The molecule has 0 aromatic heterocycles. The van der Waals surface area contributed by atoms with Crippen LogP contribution in [0.25, 0.3) is 0 Å². The molecule has 464 valence electrons. The monoisotopic (exact) mass is 1160 g/mol. The molecule has 5 aliphatic heterocycles. The molecule has 1 N–H and O–H groups in total. The summed E-state index contributed by atoms with van der Waals surface area (Å²) < 4.78 is 35.2. The molecular formula is C66H102N4O13. The Balaban J connectivity index is 1.96. The number of fused-ring (bicyclic) bond motifs is 6. The predicted molar refractivity (Wildman–Crippen MR) is 321 cm³/mol. The molecule has 17 heteroatoms. The number of carbonyl (C=O) groups is 7. The van der Waals surface area contributed by atoms with Crippen molar-refractivity contribution >= 4 is 58.7 Å². The van der Waals surface area contributed by atoms with Gasteiger partial charge in [0.25, 0.3) is 0 Å². The number of unbranched alkanes of at least 4 members (excludes halogenated alkanes) is 6. The van der Waals surface area contributed by atoms with E-state index in [2.05, 4.69) is 19.2 Å². The molecule has 5 aliphatic rings. The van der Waals surface area contributed by atoms with Gasteiger partial charge in [-0.25, -0.2) is 4.99 Å². The van der Waals surface area contributed by atoms with Gasteiger partial charge in [0, 0.05) is 76.1 Å². The third-order valence-electron chi connectivity index (χ3n) is 18.7. The largest absolute Gasteiger partial charge is 0.466 e. The van der Waals surface area contributed by atoms with Gasteiger partial charge in [-0.3, -0.25) is 43.5 Å². The number of aliphatic imine (C=N–C) groups is 3. The van der Waals surface area contributed by atoms with Crippen molar-refractivity contribution in [3.63, 3.8) is 0 Å². The average Bonchev–Trinajstić information content (AvgIpc) is 3.10. The lowest BCUT2D eigenvalue weighted by atomic mass is 9.55. The molecule has 8 atom stereocenters. The Kier molecular flexibility index (Phi) is 25.1. The highest BCUT2D eigenvalue weighted by molar-refractivity contribution is 6.49. The molecule has 8 bridgehead atoms. The van der Waals surface area contributed by atoms with E-state index in [4.69, 9.17) is 43.4 Å². The number of nitrogens with one attached hydrogen (secondary N) is 1. The number of carbonyl (C=O) groups excluding carboxylic acids is 7. The van der Waals surface area contributed by atoms with Crippen LogP contribution in [0.4, 0.5) is 0 Å². The number of ketones is 1. The summed E-state index contributed by atoms with van der Waals surface area (Å²) in [5.41, 5.74) is -1.95. The van der Waals surface area contributed by atoms with Crippen LogP contribution in [-0.2, 0) is 62.0 Å². The van der Waals surface area contributed by atoms with Crippen LogP contribution in [-0.4, -0.2) is 110 Å². The number of allylic oxidation sites excluding steroid dienone is 6. The fraction of sp³-hybridized carbons (Fsp3) is 0.758. The first-order valence-corrected chi connectivity index (χ1v) is 31.6. The first kappa shape index (κ1) is 68.3. The van der Waals surface area contributed by atoms with Gasteiger partial charge in [-0.1, -0.05) is 108 Å². The molecule has 0 aromatic rings. The van der Waals surface area contributed by atoms with Crippen LogP contribution in [0.5, 0.6) is 0 Å². The fourth-order valence-electron chi connectivity index (χ4n) is 13.1. The summed E-state index contributed by atoms with van der Waals surface area (Å²) in [6.07, 6.45) is 10.8. The molecule has 1 fully saturated rings. The predicted octanol–water partition coefficient (Wildman–Crippen LogP) is 12.6. The Labute approximate surface area is 495 Å². The minimum atomic E-state index is -1.57. The number of hydrogen-bond acceptors (Lipinski definition) is 17. The molecule has 0 aromatic carbocycles. The number of esters is 6. The summed E-state index contributed by atoms with van der Waals surface area (Å²) in [5, 5.41) is 3.77. The summed E-state index contributed by atoms with van der Waals surface area (Å²) in [7, 11) is 0. The molecule has 0 radical (unpaired) electrons. The van der Waals surface area contributed by atoms with E-state index >= 15 is 4.79 Å². The van der Waals surface area contributed by atoms with Crippen LogP contribution in [0.3, 0.4) is 0 Å². The third-order valence-corrected chi connectivity index (χ3v) is 18.7. The maximum atomic E-state index is 15.5. The highest BCUT2D eigenvalue weighted by Gasteiger charge is 2.67. The smallest absolute Gasteiger partial charge is 0.307 e. The Morgan fingerprint density at radius 1 is 0.566 bits per heavy atom. The van der Waals surface area contributed by atoms with Crippen LogP contribution >= 0.6 is 0 Å². The van der Waals surface area contributed by atoms with E-state index in [1.807, 2.05) is 76.2 Å². The van der Waals surface area contributed by atoms with Gasteiger partial charge < -0.3 is 33.7 Å². The lowest BCUT2D eigenvalue weighted by molar-refractivity contribution is -0.150. The van der Waals surface area contributed by atoms with Crippen molar-refractivity contribution in [1.82, 2.24) is 5.32 Å². The van der Waals surface area contributed by atoms with Gasteiger partial charge in [-0.15, -0.1) is 0 Å². The molecule has 5 heterocycles. The summed E-state index contributed by atoms with van der Waals surface area (Å²) in [4.78, 5) is 117. The molecule has 0 spiro atoms. The summed E-state index contributed by atoms with van der Waals surface area (Å²) >= 11 is 0. The van der Waals surface area contributed by atoms with E-state index in [1.165, 1.54) is 0 Å². The van der Waals surface area contributed by atoms with E-state index in [9.17, 15) is 28.8 Å². The van der Waals surface area contributed by atoms with Crippen molar-refractivity contribution < 1.29 is 62.0 Å². The molecule has 1 saturated heterocycles. The maximum Gasteiger partial charge on any atom is 0.307 e. The van der Waals surface area contributed by atoms with Crippen molar-refractivity contribution in [2.24, 2.45) is 54.4 Å². The van der Waals surface area contributed by atoms with Crippen molar-refractivity contribution in [3.8, 4) is 0 Å². The molecule has 1 unspecified atom stereocenters. The van der Waals surface area contributed by atoms with E-state index in [1.54, 1.807) is 13.0 Å². The average molecular weight is 1160 g/mol. The number of ether oxygens (including phenoxy) is 6. The Hall–Kier alpha value is -5.48. The first-order valence-electron chi connectivity index (χ1n) is 31.6. The topological polar surface area (TPSA) is 224 Å². The zero-order valence-electron chi connectivity index (χ0n) is 53.1. The summed E-state index contributed by atoms with van der Waals surface area (Å²) in [6.45, 7) is 29.2. The third kappa shape index (κ3) is 15.7. The fourth-order valence-corrected chi connectivity index (χ4v) is 13.1. The van der Waals surface area contributed by atoms with E-state index < -0.39 is 80.7 Å². The van der Waals surface area contributed by atoms with Crippen LogP contribution in [0.15, 0.2) is 49.3 Å². The van der Waals surface area contributed by atoms with Gasteiger partial charge >= 0.3 is 35.8 Å². The minimum absolute atomic E-state index is 0.00528. The molecule has 17 nitrogen and oxygen atoms in total. The number of Topliss-reactive ketones (excluding diaryl/α,β-unsaturated/α-hetero) is 1. The molecule has 0 saturated carbocycles. The van der Waals surface area contributed by atoms with E-state index in [-0.39, 0.29) is 102 Å². The molecular weight excluding hydrogens is 1060 g/mol. The molecule has 0 aliphatic carbocycles. The zero-order valence-corrected chi connectivity index (χ0v) is 53.1. The van der Waals surface area contributed by atoms with Gasteiger partial charge in [0.05, 0.1) is 81.6 Å². The molecule has 83 heavy (non-hydrogen) atoms. The second-order valence-electron chi connectivity index (χ2n) is 25.3. The second kappa shape index (κ2) is 30.6. The minimum Gasteiger partial charge on any atom is -0.466 e. The van der Waals surface area contributed by atoms with Gasteiger partial charge in [0.1, 0.15) is 5.71 Å². The Bertz CT molecular complexity index is 2560. The van der Waals surface area contributed by atoms with Crippen LogP contribution in [0, 0.1) is 39.4 Å². The highest BCUT2D eigenvalue weighted by atomic mass is 16.6. The van der Waals surface area contributed by atoms with Gasteiger partial charge in [-0.2, -0.15) is 0 Å². The SMILES string of the molecule is CCCCOC(=O)CC[C@@H]1C2=C(C)C3=NC([C@H](CC(=O)OCCCC)[C@@]3(C)CCC(=O)OCCCC)[C@]3(C)N=C(/C(C)=C4N=C(/C=C(\N2)C1(C)C)C(=O)[C@]\4(C)CC(=O)OCCCC)[C@@H](CCC(=O)OCCCC)[C@]3(C)CC(=O)OCCCC. The highest BCUT2D eigenvalue weighted by Crippen LogP contribution is 2.62. The van der Waals surface area contributed by atoms with Crippen molar-refractivity contribution in [2.75, 3.05) is 39.6 Å². The number of hydrogen-bond donors (Lipinski definition) is 1. The quantitative estimate of drug-likeness (QED) is 0.0367. The number of nitrogens with zero attached hydrogens (tertiary/aromatic N) is 3. The standard InChI is InChI=1S/C66H102N4O13/c1-15-21-33-78-50(71)29-27-45-56-43(7)58-63(11,32-31-52(73)80-35-23-17-3)47(39-53(74)81-36-24-18-4)60(69-58)66(14)65(13,42-55(76)83-38-26-20-6)46(28-30-51(72)79-34-22-16-2)57(70-66)44(8)59-64(12,41-54(75)82-37-25-19-5)61(77)48(67-59)40-49(68-56)62(45,9)10/h40,45-47,60,68H,15-39,41-42H2,1-14H3/b49-40-,56-43?,59-44-/t45-,46-,47+,60?,63-,64-,65+,66+/m1/s1. The lowest BCUT2D eigenvalue weighted by Crippen LogP contribution is -2.55. The van der Waals surface area contributed by atoms with Crippen LogP contribution < -0.4 is 5.32 Å². The lowest BCUT2D eigenvalue weighted by Gasteiger charge is -2.48. The van der Waals surface area contributed by atoms with Gasteiger partial charge in [0.2, 0.25) is 0 Å². The van der Waals surface area contributed by atoms with Gasteiger partial charge in [0.15, 0.2) is 5.78 Å². The number of rotatable bonds is 33. The van der Waals surface area contributed by atoms with Crippen molar-refractivity contribution in [1.29, 1.82) is 0 Å². The van der Waals surface area contributed by atoms with Crippen LogP contribution in [0.1, 0.15) is 232 Å².